The van der Waals surface area contributed by atoms with Gasteiger partial charge in [0.05, 0.1) is 5.62 Å². The van der Waals surface area contributed by atoms with Gasteiger partial charge in [0, 0.05) is 50.2 Å². The fraction of sp³-hybridized carbons (Fsp3) is 0.294. The van der Waals surface area contributed by atoms with Crippen LogP contribution in [0.2, 0.25) is 0 Å². The number of nitrogens with zero attached hydrogens (tertiary/aromatic N) is 2. The lowest BCUT2D eigenvalue weighted by Gasteiger charge is -2.19. The summed E-state index contributed by atoms with van der Waals surface area (Å²) in [5, 5.41) is 1.59. The van der Waals surface area contributed by atoms with Gasteiger partial charge in [-0.25, -0.2) is 0 Å². The molecule has 0 N–H and O–H groups in total. The number of hydrogen-bond acceptors (Lipinski definition) is 3. The second-order valence-electron chi connectivity index (χ2n) is 5.68. The summed E-state index contributed by atoms with van der Waals surface area (Å²) in [4.78, 5) is 4.03. The maximum absolute atomic E-state index is 13.4. The first-order chi connectivity index (χ1) is 10.4. The number of halogens is 1. The molecule has 3 nitrogen and oxygen atoms in total. The summed E-state index contributed by atoms with van der Waals surface area (Å²) in [6, 6.07) is 15.6. The smallest absolute Gasteiger partial charge is 0.157 e. The Bertz CT molecular complexity index is 611. The van der Waals surface area contributed by atoms with Crippen LogP contribution in [-0.4, -0.2) is 33.8 Å². The van der Waals surface area contributed by atoms with Crippen molar-refractivity contribution in [2.24, 2.45) is 0 Å². The van der Waals surface area contributed by atoms with Gasteiger partial charge in [-0.3, -0.25) is 0 Å². The highest BCUT2D eigenvalue weighted by atomic mass is 35.5. The maximum atomic E-state index is 13.4. The molecule has 2 aromatic rings. The lowest BCUT2D eigenvalue weighted by atomic mass is 10.3. The highest BCUT2D eigenvalue weighted by Gasteiger charge is 2.26. The van der Waals surface area contributed by atoms with Crippen LogP contribution in [0.15, 0.2) is 48.5 Å². The Hall–Kier alpha value is -1.44. The summed E-state index contributed by atoms with van der Waals surface area (Å²) >= 11 is 6.10. The molecule has 0 fully saturated rings. The Balaban J connectivity index is 2.41. The lowest BCUT2D eigenvalue weighted by Crippen LogP contribution is -2.18. The Kier molecular flexibility index (Phi) is 5.20. The fourth-order valence-electron chi connectivity index (χ4n) is 2.27. The van der Waals surface area contributed by atoms with Crippen molar-refractivity contribution in [3.63, 3.8) is 0 Å². The quantitative estimate of drug-likeness (QED) is 0.618. The van der Waals surface area contributed by atoms with E-state index in [0.717, 1.165) is 22.0 Å². The van der Waals surface area contributed by atoms with Crippen LogP contribution in [-0.2, 0) is 4.57 Å². The van der Waals surface area contributed by atoms with Gasteiger partial charge in [0.2, 0.25) is 0 Å². The Morgan fingerprint density at radius 2 is 1.09 bits per heavy atom. The number of anilines is 2. The molecule has 0 aliphatic carbocycles. The van der Waals surface area contributed by atoms with Gasteiger partial charge in [0.1, 0.15) is 0 Å². The van der Waals surface area contributed by atoms with Gasteiger partial charge in [-0.05, 0) is 48.5 Å². The molecular formula is C17H22ClN2OP. The molecule has 0 aliphatic heterocycles. The van der Waals surface area contributed by atoms with Gasteiger partial charge < -0.3 is 14.4 Å². The summed E-state index contributed by atoms with van der Waals surface area (Å²) in [5.74, 6) is 0. The first kappa shape index (κ1) is 16.9. The van der Waals surface area contributed by atoms with Crippen molar-refractivity contribution in [2.75, 3.05) is 43.6 Å². The minimum atomic E-state index is -2.78. The van der Waals surface area contributed by atoms with Crippen LogP contribution in [0.5, 0.6) is 0 Å². The van der Waals surface area contributed by atoms with E-state index in [0.29, 0.717) is 0 Å². The zero-order valence-electron chi connectivity index (χ0n) is 13.5. The van der Waals surface area contributed by atoms with E-state index in [2.05, 4.69) is 0 Å². The summed E-state index contributed by atoms with van der Waals surface area (Å²) in [6.07, 6.45) is 0. The molecule has 2 aromatic carbocycles. The third kappa shape index (κ3) is 3.31. The fourth-order valence-corrected chi connectivity index (χ4v) is 4.93. The zero-order valence-corrected chi connectivity index (χ0v) is 15.1. The molecule has 0 unspecified atom stereocenters. The van der Waals surface area contributed by atoms with Crippen LogP contribution in [0.3, 0.4) is 0 Å². The third-order valence-corrected chi connectivity index (χ3v) is 7.35. The number of rotatable bonds is 5. The van der Waals surface area contributed by atoms with Gasteiger partial charge in [-0.15, -0.1) is 11.6 Å². The standard InChI is InChI=1S/C17H22ClN2OP/c1-19(2)14-5-9-16(10-6-14)22(21,13-18)17-11-7-15(8-12-17)20(3)4/h5-12H,13H2,1-4H3. The molecule has 0 aliphatic rings. The van der Waals surface area contributed by atoms with Gasteiger partial charge in [-0.1, -0.05) is 0 Å². The molecule has 5 heteroatoms. The molecule has 0 saturated carbocycles. The maximum Gasteiger partial charge on any atom is 0.157 e. The summed E-state index contributed by atoms with van der Waals surface area (Å²) in [6.45, 7) is 0. The van der Waals surface area contributed by atoms with E-state index in [-0.39, 0.29) is 5.62 Å². The Morgan fingerprint density at radius 1 is 0.773 bits per heavy atom. The second-order valence-corrected chi connectivity index (χ2v) is 9.15. The highest BCUT2D eigenvalue weighted by molar-refractivity contribution is 7.79. The van der Waals surface area contributed by atoms with Crippen molar-refractivity contribution in [1.29, 1.82) is 0 Å². The Labute approximate surface area is 137 Å². The van der Waals surface area contributed by atoms with Crippen LogP contribution >= 0.6 is 18.7 Å². The van der Waals surface area contributed by atoms with E-state index >= 15 is 0 Å². The molecule has 0 atom stereocenters. The third-order valence-electron chi connectivity index (χ3n) is 3.73. The monoisotopic (exact) mass is 336 g/mol. The predicted molar refractivity (Wildman–Crippen MR) is 99.1 cm³/mol. The van der Waals surface area contributed by atoms with E-state index in [1.165, 1.54) is 0 Å². The summed E-state index contributed by atoms with van der Waals surface area (Å²) in [5.41, 5.74) is 2.26. The summed E-state index contributed by atoms with van der Waals surface area (Å²) < 4.78 is 13.4. The van der Waals surface area contributed by atoms with E-state index in [1.54, 1.807) is 0 Å². The van der Waals surface area contributed by atoms with Crippen molar-refractivity contribution in [3.05, 3.63) is 48.5 Å². The first-order valence-corrected chi connectivity index (χ1v) is 9.52. The second kappa shape index (κ2) is 6.76. The molecule has 118 valence electrons. The molecule has 0 saturated heterocycles. The van der Waals surface area contributed by atoms with Gasteiger partial charge in [0.25, 0.3) is 0 Å². The molecule has 22 heavy (non-hydrogen) atoms. The van der Waals surface area contributed by atoms with E-state index < -0.39 is 7.14 Å². The van der Waals surface area contributed by atoms with Crippen LogP contribution in [0.1, 0.15) is 0 Å². The minimum absolute atomic E-state index is 0.107. The number of alkyl halides is 1. The lowest BCUT2D eigenvalue weighted by molar-refractivity contribution is 0.589. The van der Waals surface area contributed by atoms with E-state index in [4.69, 9.17) is 11.6 Å². The van der Waals surface area contributed by atoms with Crippen molar-refractivity contribution in [3.8, 4) is 0 Å². The molecule has 0 aromatic heterocycles. The normalized spacial score (nSPS) is 11.3. The molecule has 0 bridgehead atoms. The van der Waals surface area contributed by atoms with Gasteiger partial charge >= 0.3 is 0 Å². The highest BCUT2D eigenvalue weighted by Crippen LogP contribution is 2.44. The van der Waals surface area contributed by atoms with E-state index in [1.807, 2.05) is 86.5 Å². The van der Waals surface area contributed by atoms with Gasteiger partial charge in [-0.2, -0.15) is 0 Å². The largest absolute Gasteiger partial charge is 0.378 e. The molecule has 0 radical (unpaired) electrons. The van der Waals surface area contributed by atoms with Crippen molar-refractivity contribution in [2.45, 2.75) is 0 Å². The first-order valence-electron chi connectivity index (χ1n) is 7.09. The average molecular weight is 337 g/mol. The summed E-state index contributed by atoms with van der Waals surface area (Å²) in [7, 11) is 5.15. The van der Waals surface area contributed by atoms with E-state index in [9.17, 15) is 4.57 Å². The van der Waals surface area contributed by atoms with Gasteiger partial charge in [0.15, 0.2) is 7.14 Å². The molecule has 2 rings (SSSR count). The van der Waals surface area contributed by atoms with Crippen LogP contribution < -0.4 is 20.4 Å². The van der Waals surface area contributed by atoms with Crippen molar-refractivity contribution >= 4 is 40.7 Å². The SMILES string of the molecule is CN(C)c1ccc(P(=O)(CCl)c2ccc(N(C)C)cc2)cc1. The predicted octanol–water partition coefficient (Wildman–Crippen LogP) is 3.33. The molecule has 0 heterocycles. The zero-order chi connectivity index (χ0) is 16.3. The van der Waals surface area contributed by atoms with Crippen LogP contribution in [0, 0.1) is 0 Å². The number of benzene rings is 2. The molecular weight excluding hydrogens is 315 g/mol. The Morgan fingerprint density at radius 3 is 1.32 bits per heavy atom. The minimum Gasteiger partial charge on any atom is -0.378 e. The van der Waals surface area contributed by atoms with Crippen molar-refractivity contribution in [1.82, 2.24) is 0 Å². The van der Waals surface area contributed by atoms with Crippen molar-refractivity contribution < 1.29 is 4.57 Å². The molecule has 0 amide bonds. The van der Waals surface area contributed by atoms with Crippen LogP contribution in [0.4, 0.5) is 11.4 Å². The average Bonchev–Trinajstić information content (AvgIpc) is 2.54. The van der Waals surface area contributed by atoms with Crippen LogP contribution in [0.25, 0.3) is 0 Å². The topological polar surface area (TPSA) is 23.6 Å². The molecule has 0 spiro atoms. The number of hydrogen-bond donors (Lipinski definition) is 0.